The number of hydrogen-bond acceptors (Lipinski definition) is 2. The third-order valence-corrected chi connectivity index (χ3v) is 3.86. The van der Waals surface area contributed by atoms with Gasteiger partial charge in [0.25, 0.3) is 0 Å². The van der Waals surface area contributed by atoms with Crippen LogP contribution in [0.1, 0.15) is 67.7 Å². The van der Waals surface area contributed by atoms with Crippen LogP contribution in [0.2, 0.25) is 0 Å². The van der Waals surface area contributed by atoms with Crippen LogP contribution in [0, 0.1) is 17.8 Å². The maximum Gasteiger partial charge on any atom is 0.0200 e. The van der Waals surface area contributed by atoms with Crippen molar-refractivity contribution in [2.24, 2.45) is 17.8 Å². The molecule has 0 bridgehead atoms. The molecule has 0 fully saturated rings. The first kappa shape index (κ1) is 23.8. The smallest absolute Gasteiger partial charge is 0.0200 e. The molecule has 0 aliphatic carbocycles. The molecule has 0 N–H and O–H groups in total. The van der Waals surface area contributed by atoms with Gasteiger partial charge in [-0.3, -0.25) is 0 Å². The van der Waals surface area contributed by atoms with Crippen LogP contribution in [0.4, 0.5) is 0 Å². The summed E-state index contributed by atoms with van der Waals surface area (Å²) in [4.78, 5) is 4.81. The summed E-state index contributed by atoms with van der Waals surface area (Å²) in [6.45, 7) is 23.3. The number of nitrogens with zero attached hydrogens (tertiary/aromatic N) is 2. The monoisotopic (exact) mass is 312 g/mol. The van der Waals surface area contributed by atoms with E-state index in [2.05, 4.69) is 78.9 Å². The molecule has 0 aromatic carbocycles. The zero-order chi connectivity index (χ0) is 17.7. The average molecular weight is 313 g/mol. The van der Waals surface area contributed by atoms with E-state index in [9.17, 15) is 0 Å². The Balaban J connectivity index is 0. The lowest BCUT2D eigenvalue weighted by atomic mass is 10.00. The van der Waals surface area contributed by atoms with Crippen molar-refractivity contribution in [1.29, 1.82) is 0 Å². The Kier molecular flexibility index (Phi) is 15.2. The van der Waals surface area contributed by atoms with Crippen molar-refractivity contribution in [2.45, 2.75) is 67.7 Å². The van der Waals surface area contributed by atoms with E-state index in [-0.39, 0.29) is 0 Å². The van der Waals surface area contributed by atoms with Crippen LogP contribution in [-0.2, 0) is 0 Å². The van der Waals surface area contributed by atoms with E-state index in [0.29, 0.717) is 5.92 Å². The lowest BCUT2D eigenvalue weighted by molar-refractivity contribution is 0.239. The molecule has 0 radical (unpaired) electrons. The van der Waals surface area contributed by atoms with Crippen LogP contribution in [-0.4, -0.2) is 43.5 Å². The van der Waals surface area contributed by atoms with Gasteiger partial charge in [-0.05, 0) is 37.8 Å². The molecular weight excluding hydrogens is 268 g/mol. The maximum atomic E-state index is 4.19. The first-order valence-corrected chi connectivity index (χ1v) is 9.27. The molecule has 22 heavy (non-hydrogen) atoms. The summed E-state index contributed by atoms with van der Waals surface area (Å²) in [6.07, 6.45) is 3.79. The highest BCUT2D eigenvalue weighted by Crippen LogP contribution is 2.17. The average Bonchev–Trinajstić information content (AvgIpc) is 2.42. The van der Waals surface area contributed by atoms with Gasteiger partial charge in [-0.1, -0.05) is 67.9 Å². The normalized spacial score (nSPS) is 12.4. The van der Waals surface area contributed by atoms with E-state index >= 15 is 0 Å². The lowest BCUT2D eigenvalue weighted by Gasteiger charge is -2.30. The van der Waals surface area contributed by atoms with Crippen molar-refractivity contribution in [3.05, 3.63) is 12.3 Å². The Labute approximate surface area is 142 Å². The SMILES string of the molecule is C=C(C(C)C)N(C)CC(CC)CCN(C)CC(C)C.CCC. The van der Waals surface area contributed by atoms with E-state index in [1.165, 1.54) is 38.0 Å². The van der Waals surface area contributed by atoms with Gasteiger partial charge in [0.05, 0.1) is 0 Å². The molecule has 0 rings (SSSR count). The second-order valence-corrected chi connectivity index (χ2v) is 7.45. The molecule has 1 unspecified atom stereocenters. The fourth-order valence-corrected chi connectivity index (χ4v) is 2.49. The van der Waals surface area contributed by atoms with Gasteiger partial charge in [-0.15, -0.1) is 0 Å². The van der Waals surface area contributed by atoms with Crippen LogP contribution >= 0.6 is 0 Å². The second-order valence-electron chi connectivity index (χ2n) is 7.45. The topological polar surface area (TPSA) is 6.48 Å². The summed E-state index contributed by atoms with van der Waals surface area (Å²) in [7, 11) is 4.42. The largest absolute Gasteiger partial charge is 0.378 e. The quantitative estimate of drug-likeness (QED) is 0.525. The minimum absolute atomic E-state index is 0.547. The van der Waals surface area contributed by atoms with Gasteiger partial charge in [0.15, 0.2) is 0 Å². The van der Waals surface area contributed by atoms with E-state index in [4.69, 9.17) is 0 Å². The molecule has 0 aliphatic heterocycles. The second kappa shape index (κ2) is 14.1. The Morgan fingerprint density at radius 1 is 0.955 bits per heavy atom. The number of rotatable bonds is 10. The predicted molar refractivity (Wildman–Crippen MR) is 103 cm³/mol. The van der Waals surface area contributed by atoms with Gasteiger partial charge < -0.3 is 9.80 Å². The molecule has 1 atom stereocenters. The molecule has 0 saturated carbocycles. The molecule has 0 aromatic heterocycles. The Morgan fingerprint density at radius 3 is 1.82 bits per heavy atom. The minimum atomic E-state index is 0.547. The molecule has 0 spiro atoms. The number of hydrogen-bond donors (Lipinski definition) is 0. The van der Waals surface area contributed by atoms with Gasteiger partial charge in [-0.25, -0.2) is 0 Å². The summed E-state index contributed by atoms with van der Waals surface area (Å²) in [5.41, 5.74) is 1.26. The van der Waals surface area contributed by atoms with Crippen molar-refractivity contribution in [2.75, 3.05) is 33.7 Å². The fraction of sp³-hybridized carbons (Fsp3) is 0.900. The van der Waals surface area contributed by atoms with Crippen LogP contribution in [0.3, 0.4) is 0 Å². The van der Waals surface area contributed by atoms with Crippen molar-refractivity contribution >= 4 is 0 Å². The first-order chi connectivity index (χ1) is 10.2. The highest BCUT2D eigenvalue weighted by molar-refractivity contribution is 4.96. The van der Waals surface area contributed by atoms with Gasteiger partial charge in [0, 0.05) is 25.8 Å². The molecule has 0 aromatic rings. The lowest BCUT2D eigenvalue weighted by Crippen LogP contribution is -2.30. The van der Waals surface area contributed by atoms with Crippen LogP contribution in [0.25, 0.3) is 0 Å². The molecule has 0 saturated heterocycles. The third-order valence-electron chi connectivity index (χ3n) is 3.86. The summed E-state index contributed by atoms with van der Waals surface area (Å²) >= 11 is 0. The Bertz CT molecular complexity index is 258. The highest BCUT2D eigenvalue weighted by Gasteiger charge is 2.14. The van der Waals surface area contributed by atoms with Crippen molar-refractivity contribution in [1.82, 2.24) is 9.80 Å². The standard InChI is InChI=1S/C17H36N2.C3H8/c1-9-17(10-11-18(7)12-14(2)3)13-19(8)16(6)15(4)5;1-3-2/h14-15,17H,6,9-13H2,1-5,7-8H3;3H2,1-2H3. The van der Waals surface area contributed by atoms with Gasteiger partial charge >= 0.3 is 0 Å². The molecule has 0 heterocycles. The summed E-state index contributed by atoms with van der Waals surface area (Å²) < 4.78 is 0. The van der Waals surface area contributed by atoms with Crippen LogP contribution in [0.15, 0.2) is 12.3 Å². The minimum Gasteiger partial charge on any atom is -0.378 e. The summed E-state index contributed by atoms with van der Waals surface area (Å²) in [6, 6.07) is 0. The molecule has 134 valence electrons. The maximum absolute atomic E-state index is 4.19. The van der Waals surface area contributed by atoms with Gasteiger partial charge in [0.2, 0.25) is 0 Å². The first-order valence-electron chi connectivity index (χ1n) is 9.27. The Morgan fingerprint density at radius 2 is 1.45 bits per heavy atom. The van der Waals surface area contributed by atoms with E-state index in [1.54, 1.807) is 0 Å². The molecule has 0 amide bonds. The van der Waals surface area contributed by atoms with Crippen molar-refractivity contribution in [3.8, 4) is 0 Å². The van der Waals surface area contributed by atoms with Crippen LogP contribution < -0.4 is 0 Å². The molecular formula is C20H44N2. The fourth-order valence-electron chi connectivity index (χ4n) is 2.49. The zero-order valence-electron chi connectivity index (χ0n) is 17.1. The van der Waals surface area contributed by atoms with E-state index in [0.717, 1.165) is 18.4 Å². The predicted octanol–water partition coefficient (Wildman–Crippen LogP) is 5.51. The van der Waals surface area contributed by atoms with Crippen LogP contribution in [0.5, 0.6) is 0 Å². The van der Waals surface area contributed by atoms with Gasteiger partial charge in [0.1, 0.15) is 0 Å². The zero-order valence-corrected chi connectivity index (χ0v) is 17.1. The van der Waals surface area contributed by atoms with Gasteiger partial charge in [-0.2, -0.15) is 0 Å². The molecule has 2 heteroatoms. The summed E-state index contributed by atoms with van der Waals surface area (Å²) in [5, 5.41) is 0. The number of allylic oxidation sites excluding steroid dienone is 1. The highest BCUT2D eigenvalue weighted by atomic mass is 15.1. The summed E-state index contributed by atoms with van der Waals surface area (Å²) in [5.74, 6) is 2.08. The Hall–Kier alpha value is -0.500. The van der Waals surface area contributed by atoms with E-state index < -0.39 is 0 Å². The molecule has 0 aliphatic rings. The third kappa shape index (κ3) is 13.2. The van der Waals surface area contributed by atoms with Crippen molar-refractivity contribution in [3.63, 3.8) is 0 Å². The molecule has 2 nitrogen and oxygen atoms in total. The van der Waals surface area contributed by atoms with Crippen molar-refractivity contribution < 1.29 is 0 Å². The van der Waals surface area contributed by atoms with E-state index in [1.807, 2.05) is 0 Å².